The standard InChI is InChI=1S/C18H20Cl2N2O3S/c1-11(2)13-4-7-15(8-5-13)21-18(23)12(3)22-26(24,25)17-10-14(19)6-9-16(17)20/h4-12,22H,1-3H3,(H,21,23). The van der Waals surface area contributed by atoms with Crippen LogP contribution in [-0.2, 0) is 14.8 Å². The fourth-order valence-corrected chi connectivity index (χ4v) is 4.20. The molecule has 26 heavy (non-hydrogen) atoms. The Bertz CT molecular complexity index is 897. The zero-order chi connectivity index (χ0) is 19.5. The van der Waals surface area contributed by atoms with Crippen molar-refractivity contribution in [3.8, 4) is 0 Å². The van der Waals surface area contributed by atoms with Crippen molar-refractivity contribution in [2.24, 2.45) is 0 Å². The van der Waals surface area contributed by atoms with Crippen molar-refractivity contribution in [2.45, 2.75) is 37.6 Å². The van der Waals surface area contributed by atoms with Crippen LogP contribution in [0.1, 0.15) is 32.3 Å². The lowest BCUT2D eigenvalue weighted by Gasteiger charge is -2.15. The number of hydrogen-bond acceptors (Lipinski definition) is 3. The topological polar surface area (TPSA) is 75.3 Å². The second-order valence-corrected chi connectivity index (χ2v) is 8.71. The SMILES string of the molecule is CC(NS(=O)(=O)c1cc(Cl)ccc1Cl)C(=O)Nc1ccc(C(C)C)cc1. The van der Waals surface area contributed by atoms with Crippen LogP contribution in [0.2, 0.25) is 10.0 Å². The van der Waals surface area contributed by atoms with E-state index in [1.165, 1.54) is 25.1 Å². The molecule has 2 rings (SSSR count). The Hall–Kier alpha value is -1.60. The smallest absolute Gasteiger partial charge is 0.242 e. The van der Waals surface area contributed by atoms with Crippen molar-refractivity contribution in [1.82, 2.24) is 4.72 Å². The minimum atomic E-state index is -4.00. The van der Waals surface area contributed by atoms with Gasteiger partial charge in [-0.1, -0.05) is 49.2 Å². The van der Waals surface area contributed by atoms with Crippen molar-refractivity contribution < 1.29 is 13.2 Å². The van der Waals surface area contributed by atoms with E-state index in [1.807, 2.05) is 12.1 Å². The number of benzene rings is 2. The van der Waals surface area contributed by atoms with Gasteiger partial charge in [0.15, 0.2) is 0 Å². The summed E-state index contributed by atoms with van der Waals surface area (Å²) in [5.74, 6) is -0.100. The van der Waals surface area contributed by atoms with Gasteiger partial charge in [-0.05, 0) is 48.7 Å². The van der Waals surface area contributed by atoms with E-state index in [1.54, 1.807) is 12.1 Å². The van der Waals surface area contributed by atoms with Crippen LogP contribution in [0.15, 0.2) is 47.4 Å². The molecule has 0 spiro atoms. The Kier molecular flexibility index (Phi) is 6.69. The molecule has 140 valence electrons. The van der Waals surface area contributed by atoms with Gasteiger partial charge in [0.2, 0.25) is 15.9 Å². The Labute approximate surface area is 163 Å². The minimum Gasteiger partial charge on any atom is -0.325 e. The van der Waals surface area contributed by atoms with E-state index >= 15 is 0 Å². The first-order chi connectivity index (χ1) is 12.1. The summed E-state index contributed by atoms with van der Waals surface area (Å²) in [6.07, 6.45) is 0. The minimum absolute atomic E-state index is 0.0267. The fourth-order valence-electron chi connectivity index (χ4n) is 2.23. The van der Waals surface area contributed by atoms with Crippen LogP contribution in [-0.4, -0.2) is 20.4 Å². The van der Waals surface area contributed by atoms with E-state index in [2.05, 4.69) is 23.9 Å². The van der Waals surface area contributed by atoms with Crippen LogP contribution < -0.4 is 10.0 Å². The van der Waals surface area contributed by atoms with Gasteiger partial charge >= 0.3 is 0 Å². The van der Waals surface area contributed by atoms with Gasteiger partial charge in [0, 0.05) is 10.7 Å². The third-order valence-electron chi connectivity index (χ3n) is 3.75. The van der Waals surface area contributed by atoms with Crippen LogP contribution in [0.25, 0.3) is 0 Å². The van der Waals surface area contributed by atoms with Gasteiger partial charge in [0.1, 0.15) is 4.90 Å². The third-order valence-corrected chi connectivity index (χ3v) is 6.01. The molecule has 8 heteroatoms. The van der Waals surface area contributed by atoms with Gasteiger partial charge in [0.25, 0.3) is 0 Å². The molecule has 0 aromatic heterocycles. The summed E-state index contributed by atoms with van der Waals surface area (Å²) >= 11 is 11.8. The highest BCUT2D eigenvalue weighted by Gasteiger charge is 2.24. The predicted molar refractivity (Wildman–Crippen MR) is 105 cm³/mol. The highest BCUT2D eigenvalue weighted by molar-refractivity contribution is 7.89. The van der Waals surface area contributed by atoms with Crippen LogP contribution in [0, 0.1) is 0 Å². The Balaban J connectivity index is 2.09. The number of anilines is 1. The number of carbonyl (C=O) groups excluding carboxylic acids is 1. The molecule has 1 amide bonds. The second-order valence-electron chi connectivity index (χ2n) is 6.18. The van der Waals surface area contributed by atoms with Crippen molar-refractivity contribution in [3.05, 3.63) is 58.1 Å². The molecule has 1 atom stereocenters. The van der Waals surface area contributed by atoms with E-state index in [4.69, 9.17) is 23.2 Å². The number of halogens is 2. The van der Waals surface area contributed by atoms with Crippen molar-refractivity contribution >= 4 is 44.8 Å². The molecule has 0 bridgehead atoms. The van der Waals surface area contributed by atoms with Crippen molar-refractivity contribution in [2.75, 3.05) is 5.32 Å². The molecule has 5 nitrogen and oxygen atoms in total. The molecule has 0 fully saturated rings. The second kappa shape index (κ2) is 8.39. The van der Waals surface area contributed by atoms with E-state index < -0.39 is 22.0 Å². The molecule has 2 aromatic rings. The third kappa shape index (κ3) is 5.20. The average molecular weight is 415 g/mol. The summed E-state index contributed by atoms with van der Waals surface area (Å²) in [4.78, 5) is 12.1. The summed E-state index contributed by atoms with van der Waals surface area (Å²) in [5.41, 5.74) is 1.73. The summed E-state index contributed by atoms with van der Waals surface area (Å²) in [6, 6.07) is 10.5. The number of nitrogens with one attached hydrogen (secondary N) is 2. The molecule has 2 N–H and O–H groups in total. The molecule has 0 heterocycles. The molecule has 1 unspecified atom stereocenters. The van der Waals surface area contributed by atoms with Crippen LogP contribution >= 0.6 is 23.2 Å². The number of amides is 1. The zero-order valence-corrected chi connectivity index (χ0v) is 16.9. The highest BCUT2D eigenvalue weighted by atomic mass is 35.5. The maximum Gasteiger partial charge on any atom is 0.242 e. The molecule has 0 saturated heterocycles. The van der Waals surface area contributed by atoms with Gasteiger partial charge in [-0.25, -0.2) is 8.42 Å². The quantitative estimate of drug-likeness (QED) is 0.733. The fraction of sp³-hybridized carbons (Fsp3) is 0.278. The van der Waals surface area contributed by atoms with Crippen molar-refractivity contribution in [3.63, 3.8) is 0 Å². The molecule has 0 aliphatic rings. The number of hydrogen-bond donors (Lipinski definition) is 2. The molecule has 0 aliphatic carbocycles. The van der Waals surface area contributed by atoms with Gasteiger partial charge in [0.05, 0.1) is 11.1 Å². The van der Waals surface area contributed by atoms with Gasteiger partial charge in [-0.2, -0.15) is 4.72 Å². The molecular weight excluding hydrogens is 395 g/mol. The summed E-state index contributed by atoms with van der Waals surface area (Å²) in [6.45, 7) is 5.60. The largest absolute Gasteiger partial charge is 0.325 e. The zero-order valence-electron chi connectivity index (χ0n) is 14.6. The number of sulfonamides is 1. The molecule has 0 saturated carbocycles. The van der Waals surface area contributed by atoms with Gasteiger partial charge < -0.3 is 5.32 Å². The van der Waals surface area contributed by atoms with Crippen molar-refractivity contribution in [1.29, 1.82) is 0 Å². The maximum atomic E-state index is 12.5. The summed E-state index contributed by atoms with van der Waals surface area (Å²) in [7, 11) is -4.00. The maximum absolute atomic E-state index is 12.5. The molecule has 0 aliphatic heterocycles. The first-order valence-corrected chi connectivity index (χ1v) is 10.2. The van der Waals surface area contributed by atoms with Crippen LogP contribution in [0.3, 0.4) is 0 Å². The Morgan fingerprint density at radius 3 is 2.19 bits per heavy atom. The first kappa shape index (κ1) is 20.7. The summed E-state index contributed by atoms with van der Waals surface area (Å²) in [5, 5.41) is 2.94. The average Bonchev–Trinajstić information content (AvgIpc) is 2.57. The molecular formula is C18H20Cl2N2O3S. The van der Waals surface area contributed by atoms with E-state index in [-0.39, 0.29) is 14.9 Å². The molecule has 2 aromatic carbocycles. The van der Waals surface area contributed by atoms with Crippen LogP contribution in [0.4, 0.5) is 5.69 Å². The lowest BCUT2D eigenvalue weighted by Crippen LogP contribution is -2.41. The lowest BCUT2D eigenvalue weighted by atomic mass is 10.0. The van der Waals surface area contributed by atoms with E-state index in [0.717, 1.165) is 5.56 Å². The number of carbonyl (C=O) groups is 1. The van der Waals surface area contributed by atoms with E-state index in [0.29, 0.717) is 11.6 Å². The Morgan fingerprint density at radius 2 is 1.62 bits per heavy atom. The van der Waals surface area contributed by atoms with Gasteiger partial charge in [-0.3, -0.25) is 4.79 Å². The van der Waals surface area contributed by atoms with Crippen LogP contribution in [0.5, 0.6) is 0 Å². The first-order valence-electron chi connectivity index (χ1n) is 7.98. The number of rotatable bonds is 6. The molecule has 0 radical (unpaired) electrons. The monoisotopic (exact) mass is 414 g/mol. The Morgan fingerprint density at radius 1 is 1.00 bits per heavy atom. The summed E-state index contributed by atoms with van der Waals surface area (Å²) < 4.78 is 27.2. The highest BCUT2D eigenvalue weighted by Crippen LogP contribution is 2.25. The normalized spacial score (nSPS) is 12.8. The van der Waals surface area contributed by atoms with Gasteiger partial charge in [-0.15, -0.1) is 0 Å². The predicted octanol–water partition coefficient (Wildman–Crippen LogP) is 4.42. The van der Waals surface area contributed by atoms with E-state index in [9.17, 15) is 13.2 Å². The lowest BCUT2D eigenvalue weighted by molar-refractivity contribution is -0.117.